The number of ketones is 1. The number of carbonyl (C=O) groups is 1. The molecule has 0 spiro atoms. The first-order chi connectivity index (χ1) is 15.4. The van der Waals surface area contributed by atoms with Gasteiger partial charge in [-0.3, -0.25) is 19.8 Å². The molecule has 1 fully saturated rings. The minimum Gasteiger partial charge on any atom is -0.299 e. The summed E-state index contributed by atoms with van der Waals surface area (Å²) in [5, 5.41) is 10.9. The Bertz CT molecular complexity index is 1050. The number of halogens is 2. The number of piperidine rings is 1. The van der Waals surface area contributed by atoms with E-state index in [9.17, 15) is 23.7 Å². The van der Waals surface area contributed by atoms with E-state index < -0.39 is 4.92 Å². The van der Waals surface area contributed by atoms with Gasteiger partial charge in [-0.05, 0) is 41.0 Å². The number of benzene rings is 3. The zero-order valence-electron chi connectivity index (χ0n) is 17.3. The first kappa shape index (κ1) is 21.8. The quantitative estimate of drug-likeness (QED) is 0.399. The van der Waals surface area contributed by atoms with Crippen LogP contribution < -0.4 is 0 Å². The summed E-state index contributed by atoms with van der Waals surface area (Å²) >= 11 is 0. The molecule has 1 atom stereocenters. The van der Waals surface area contributed by atoms with Gasteiger partial charge in [-0.15, -0.1) is 0 Å². The third kappa shape index (κ3) is 4.89. The zero-order valence-corrected chi connectivity index (χ0v) is 17.3. The van der Waals surface area contributed by atoms with Crippen molar-refractivity contribution >= 4 is 11.5 Å². The number of rotatable bonds is 6. The van der Waals surface area contributed by atoms with E-state index >= 15 is 0 Å². The molecule has 4 rings (SSSR count). The van der Waals surface area contributed by atoms with E-state index in [0.717, 1.165) is 16.7 Å². The Morgan fingerprint density at radius 3 is 1.94 bits per heavy atom. The molecule has 7 heteroatoms. The second kappa shape index (κ2) is 9.36. The van der Waals surface area contributed by atoms with Crippen molar-refractivity contribution in [2.24, 2.45) is 5.92 Å². The second-order valence-electron chi connectivity index (χ2n) is 8.06. The highest BCUT2D eigenvalue weighted by Crippen LogP contribution is 2.36. The fourth-order valence-corrected chi connectivity index (χ4v) is 4.34. The molecule has 0 N–H and O–H groups in total. The minimum absolute atomic E-state index is 0.0353. The molecular weight excluding hydrogens is 414 g/mol. The lowest BCUT2D eigenvalue weighted by atomic mass is 9.76. The standard InChI is InChI=1S/C25H22F2N2O3/c26-20-7-3-18(4-8-20)25(19-5-9-21(27)10-6-19)23-16-28(14-13-24(23)30)15-17-1-11-22(12-2-17)29(31)32/h1-12,23,25H,13-16H2. The SMILES string of the molecule is O=C1CCN(Cc2ccc([N+](=O)[O-])cc2)CC1C(c1ccc(F)cc1)c1ccc(F)cc1. The van der Waals surface area contributed by atoms with Gasteiger partial charge in [-0.2, -0.15) is 0 Å². The van der Waals surface area contributed by atoms with Crippen LogP contribution in [0.25, 0.3) is 0 Å². The van der Waals surface area contributed by atoms with Gasteiger partial charge in [0, 0.05) is 50.0 Å². The Morgan fingerprint density at radius 1 is 0.906 bits per heavy atom. The molecular formula is C25H22F2N2O3. The van der Waals surface area contributed by atoms with Gasteiger partial charge in [0.2, 0.25) is 0 Å². The number of carbonyl (C=O) groups excluding carboxylic acids is 1. The number of likely N-dealkylation sites (tertiary alicyclic amines) is 1. The van der Waals surface area contributed by atoms with Crippen LogP contribution in [0, 0.1) is 27.7 Å². The van der Waals surface area contributed by atoms with Crippen molar-refractivity contribution in [2.75, 3.05) is 13.1 Å². The Hall–Kier alpha value is -3.45. The highest BCUT2D eigenvalue weighted by atomic mass is 19.1. The molecule has 1 heterocycles. The first-order valence-corrected chi connectivity index (χ1v) is 10.4. The Kier molecular flexibility index (Phi) is 6.37. The van der Waals surface area contributed by atoms with Gasteiger partial charge < -0.3 is 0 Å². The monoisotopic (exact) mass is 436 g/mol. The lowest BCUT2D eigenvalue weighted by molar-refractivity contribution is -0.384. The maximum atomic E-state index is 13.5. The number of hydrogen-bond donors (Lipinski definition) is 0. The molecule has 32 heavy (non-hydrogen) atoms. The topological polar surface area (TPSA) is 63.5 Å². The van der Waals surface area contributed by atoms with Gasteiger partial charge in [0.15, 0.2) is 0 Å². The van der Waals surface area contributed by atoms with Crippen molar-refractivity contribution in [2.45, 2.75) is 18.9 Å². The first-order valence-electron chi connectivity index (χ1n) is 10.4. The smallest absolute Gasteiger partial charge is 0.269 e. The molecule has 1 unspecified atom stereocenters. The van der Waals surface area contributed by atoms with Crippen LogP contribution in [0.4, 0.5) is 14.5 Å². The van der Waals surface area contributed by atoms with Crippen LogP contribution in [-0.2, 0) is 11.3 Å². The molecule has 0 bridgehead atoms. The van der Waals surface area contributed by atoms with Crippen LogP contribution in [0.5, 0.6) is 0 Å². The van der Waals surface area contributed by atoms with E-state index in [1.165, 1.54) is 36.4 Å². The highest BCUT2D eigenvalue weighted by Gasteiger charge is 2.35. The van der Waals surface area contributed by atoms with Crippen LogP contribution in [0.2, 0.25) is 0 Å². The molecule has 1 aliphatic heterocycles. The van der Waals surface area contributed by atoms with Crippen molar-refractivity contribution in [3.63, 3.8) is 0 Å². The molecule has 5 nitrogen and oxygen atoms in total. The summed E-state index contributed by atoms with van der Waals surface area (Å²) in [6.45, 7) is 1.63. The number of nitrogens with zero attached hydrogens (tertiary/aromatic N) is 2. The Morgan fingerprint density at radius 2 is 1.44 bits per heavy atom. The minimum atomic E-state index is -0.435. The summed E-state index contributed by atoms with van der Waals surface area (Å²) in [4.78, 5) is 25.6. The fraction of sp³-hybridized carbons (Fsp3) is 0.240. The predicted molar refractivity (Wildman–Crippen MR) is 116 cm³/mol. The number of non-ortho nitro benzene ring substituents is 1. The third-order valence-corrected chi connectivity index (χ3v) is 5.96. The molecule has 1 saturated heterocycles. The number of nitro groups is 1. The summed E-state index contributed by atoms with van der Waals surface area (Å²) in [6.07, 6.45) is 0.372. The van der Waals surface area contributed by atoms with Crippen molar-refractivity contribution in [1.29, 1.82) is 0 Å². The van der Waals surface area contributed by atoms with Crippen molar-refractivity contribution in [3.8, 4) is 0 Å². The molecule has 3 aromatic carbocycles. The summed E-state index contributed by atoms with van der Waals surface area (Å²) in [5.74, 6) is -1.31. The van der Waals surface area contributed by atoms with Gasteiger partial charge >= 0.3 is 0 Å². The summed E-state index contributed by atoms with van der Waals surface area (Å²) < 4.78 is 27.1. The summed E-state index contributed by atoms with van der Waals surface area (Å²) in [5.41, 5.74) is 2.55. The van der Waals surface area contributed by atoms with Crippen LogP contribution in [-0.4, -0.2) is 28.7 Å². The highest BCUT2D eigenvalue weighted by molar-refractivity contribution is 5.83. The lowest BCUT2D eigenvalue weighted by Gasteiger charge is -2.36. The van der Waals surface area contributed by atoms with Gasteiger partial charge in [0.1, 0.15) is 17.4 Å². The van der Waals surface area contributed by atoms with Crippen molar-refractivity contribution < 1.29 is 18.5 Å². The van der Waals surface area contributed by atoms with Gasteiger partial charge in [0.05, 0.1) is 4.92 Å². The molecule has 3 aromatic rings. The van der Waals surface area contributed by atoms with E-state index in [1.54, 1.807) is 36.4 Å². The van der Waals surface area contributed by atoms with E-state index in [1.807, 2.05) is 0 Å². The number of Topliss-reactive ketones (excluding diaryl/α,β-unsaturated/α-hetero) is 1. The molecule has 164 valence electrons. The van der Waals surface area contributed by atoms with Gasteiger partial charge in [-0.25, -0.2) is 8.78 Å². The largest absolute Gasteiger partial charge is 0.299 e. The zero-order chi connectivity index (χ0) is 22.7. The molecule has 0 amide bonds. The van der Waals surface area contributed by atoms with Crippen LogP contribution in [0.15, 0.2) is 72.8 Å². The van der Waals surface area contributed by atoms with Gasteiger partial charge in [0.25, 0.3) is 5.69 Å². The maximum absolute atomic E-state index is 13.5. The van der Waals surface area contributed by atoms with E-state index in [4.69, 9.17) is 0 Å². The van der Waals surface area contributed by atoms with E-state index in [-0.39, 0.29) is 34.9 Å². The molecule has 0 aliphatic carbocycles. The summed E-state index contributed by atoms with van der Waals surface area (Å²) in [6, 6.07) is 18.6. The summed E-state index contributed by atoms with van der Waals surface area (Å²) in [7, 11) is 0. The van der Waals surface area contributed by atoms with Crippen LogP contribution in [0.3, 0.4) is 0 Å². The van der Waals surface area contributed by atoms with Crippen molar-refractivity contribution in [1.82, 2.24) is 4.90 Å². The lowest BCUT2D eigenvalue weighted by Crippen LogP contribution is -2.43. The Labute approximate surface area is 184 Å². The normalized spacial score (nSPS) is 17.0. The molecule has 0 radical (unpaired) electrons. The van der Waals surface area contributed by atoms with Crippen LogP contribution >= 0.6 is 0 Å². The average Bonchev–Trinajstić information content (AvgIpc) is 2.79. The van der Waals surface area contributed by atoms with Crippen molar-refractivity contribution in [3.05, 3.63) is 111 Å². The number of nitro benzene ring substituents is 1. The fourth-order valence-electron chi connectivity index (χ4n) is 4.34. The second-order valence-corrected chi connectivity index (χ2v) is 8.06. The van der Waals surface area contributed by atoms with E-state index in [2.05, 4.69) is 4.90 Å². The molecule has 0 aromatic heterocycles. The number of hydrogen-bond acceptors (Lipinski definition) is 4. The van der Waals surface area contributed by atoms with E-state index in [0.29, 0.717) is 26.1 Å². The van der Waals surface area contributed by atoms with Gasteiger partial charge in [-0.1, -0.05) is 36.4 Å². The predicted octanol–water partition coefficient (Wildman–Crippen LogP) is 5.10. The third-order valence-electron chi connectivity index (χ3n) is 5.96. The average molecular weight is 436 g/mol. The Balaban J connectivity index is 1.60. The molecule has 0 saturated carbocycles. The van der Waals surface area contributed by atoms with Crippen LogP contribution in [0.1, 0.15) is 29.0 Å². The maximum Gasteiger partial charge on any atom is 0.269 e. The molecule has 1 aliphatic rings.